The molecule has 5 heteroatoms. The third-order valence-corrected chi connectivity index (χ3v) is 4.83. The second kappa shape index (κ2) is 6.79. The van der Waals surface area contributed by atoms with Gasteiger partial charge in [-0.05, 0) is 40.5 Å². The van der Waals surface area contributed by atoms with Crippen LogP contribution in [-0.4, -0.2) is 47.7 Å². The highest BCUT2D eigenvalue weighted by atomic mass is 16.6. The topological polar surface area (TPSA) is 55.8 Å². The fraction of sp³-hybridized carbons (Fsp3) is 0.600. The Labute approximate surface area is 149 Å². The van der Waals surface area contributed by atoms with E-state index < -0.39 is 5.60 Å². The van der Waals surface area contributed by atoms with Crippen LogP contribution in [-0.2, 0) is 9.47 Å². The summed E-state index contributed by atoms with van der Waals surface area (Å²) in [5, 5.41) is 0. The highest BCUT2D eigenvalue weighted by Crippen LogP contribution is 2.34. The maximum absolute atomic E-state index is 12.9. The first-order chi connectivity index (χ1) is 11.7. The number of nitrogens with zero attached hydrogens (tertiary/aromatic N) is 1. The number of benzene rings is 1. The average Bonchev–Trinajstić information content (AvgIpc) is 2.52. The lowest BCUT2D eigenvalue weighted by molar-refractivity contribution is -0.0861. The lowest BCUT2D eigenvalue weighted by Gasteiger charge is -2.47. The zero-order chi connectivity index (χ0) is 18.2. The van der Waals surface area contributed by atoms with Gasteiger partial charge in [-0.3, -0.25) is 9.69 Å². The highest BCUT2D eigenvalue weighted by Gasteiger charge is 2.45. The Bertz CT molecular complexity index is 633. The van der Waals surface area contributed by atoms with Crippen molar-refractivity contribution in [1.82, 2.24) is 4.90 Å². The number of amides is 1. The molecule has 2 unspecified atom stereocenters. The molecule has 0 N–H and O–H groups in total. The predicted octanol–water partition coefficient (Wildman–Crippen LogP) is 3.59. The van der Waals surface area contributed by atoms with Gasteiger partial charge in [-0.1, -0.05) is 29.8 Å². The van der Waals surface area contributed by atoms with E-state index >= 15 is 0 Å². The number of hydrogen-bond acceptors (Lipinski definition) is 4. The molecule has 2 aliphatic rings. The summed E-state index contributed by atoms with van der Waals surface area (Å²) in [6, 6.07) is 7.53. The summed E-state index contributed by atoms with van der Waals surface area (Å²) >= 11 is 0. The fourth-order valence-electron chi connectivity index (χ4n) is 3.70. The van der Waals surface area contributed by atoms with Crippen LogP contribution in [0.2, 0.25) is 0 Å². The van der Waals surface area contributed by atoms with Gasteiger partial charge in [-0.15, -0.1) is 0 Å². The summed E-state index contributed by atoms with van der Waals surface area (Å²) in [6.07, 6.45) is 0.956. The number of Topliss-reactive ketones (excluding diaryl/α,β-unsaturated/α-hetero) is 1. The molecule has 0 aliphatic carbocycles. The molecule has 2 fully saturated rings. The van der Waals surface area contributed by atoms with Crippen LogP contribution in [0.15, 0.2) is 24.3 Å². The molecular weight excluding hydrogens is 318 g/mol. The lowest BCUT2D eigenvalue weighted by Crippen LogP contribution is -2.60. The number of carbonyl (C=O) groups is 2. The molecule has 0 spiro atoms. The van der Waals surface area contributed by atoms with Crippen LogP contribution in [0.4, 0.5) is 4.79 Å². The molecule has 2 atom stereocenters. The number of hydrogen-bond donors (Lipinski definition) is 0. The number of fused-ring (bicyclic) bond motifs is 2. The van der Waals surface area contributed by atoms with Crippen LogP contribution in [0.1, 0.15) is 49.5 Å². The second-order valence-electron chi connectivity index (χ2n) is 8.13. The zero-order valence-electron chi connectivity index (χ0n) is 15.5. The summed E-state index contributed by atoms with van der Waals surface area (Å²) in [5.74, 6) is 0.0982. The number of carbonyl (C=O) groups excluding carboxylic acids is 2. The second-order valence-corrected chi connectivity index (χ2v) is 8.13. The molecule has 2 aliphatic heterocycles. The molecule has 1 aromatic rings. The van der Waals surface area contributed by atoms with Gasteiger partial charge in [0.15, 0.2) is 5.78 Å². The number of ketones is 1. The number of rotatable bonds is 2. The van der Waals surface area contributed by atoms with Gasteiger partial charge in [-0.25, -0.2) is 4.79 Å². The lowest BCUT2D eigenvalue weighted by atomic mass is 9.81. The molecule has 2 bridgehead atoms. The molecule has 25 heavy (non-hydrogen) atoms. The Morgan fingerprint density at radius 2 is 1.64 bits per heavy atom. The molecule has 0 radical (unpaired) electrons. The zero-order valence-corrected chi connectivity index (χ0v) is 15.5. The van der Waals surface area contributed by atoms with Crippen molar-refractivity contribution < 1.29 is 19.1 Å². The molecular formula is C20H27NO4. The minimum atomic E-state index is -0.527. The van der Waals surface area contributed by atoms with Crippen molar-refractivity contribution in [2.45, 2.75) is 58.2 Å². The van der Waals surface area contributed by atoms with E-state index in [0.29, 0.717) is 26.1 Å². The van der Waals surface area contributed by atoms with Crippen molar-refractivity contribution in [3.05, 3.63) is 35.4 Å². The Balaban J connectivity index is 1.73. The van der Waals surface area contributed by atoms with E-state index in [9.17, 15) is 9.59 Å². The van der Waals surface area contributed by atoms with E-state index in [0.717, 1.165) is 11.1 Å². The van der Waals surface area contributed by atoms with Gasteiger partial charge in [0, 0.05) is 11.5 Å². The van der Waals surface area contributed by atoms with Gasteiger partial charge in [0.1, 0.15) is 5.60 Å². The molecule has 5 nitrogen and oxygen atoms in total. The Hall–Kier alpha value is -1.88. The molecule has 0 saturated carbocycles. The maximum Gasteiger partial charge on any atom is 0.410 e. The van der Waals surface area contributed by atoms with Crippen LogP contribution in [0.5, 0.6) is 0 Å². The quantitative estimate of drug-likeness (QED) is 0.769. The predicted molar refractivity (Wildman–Crippen MR) is 94.7 cm³/mol. The minimum absolute atomic E-state index is 0.0692. The van der Waals surface area contributed by atoms with Crippen LogP contribution < -0.4 is 0 Å². The highest BCUT2D eigenvalue weighted by molar-refractivity contribution is 5.98. The third-order valence-electron chi connectivity index (χ3n) is 4.83. The normalized spacial score (nSPS) is 26.2. The Morgan fingerprint density at radius 1 is 1.08 bits per heavy atom. The fourth-order valence-corrected chi connectivity index (χ4v) is 3.70. The Kier molecular flexibility index (Phi) is 4.87. The summed E-state index contributed by atoms with van der Waals surface area (Å²) in [4.78, 5) is 27.2. The van der Waals surface area contributed by atoms with Crippen molar-refractivity contribution in [1.29, 1.82) is 0 Å². The minimum Gasteiger partial charge on any atom is -0.444 e. The van der Waals surface area contributed by atoms with Gasteiger partial charge < -0.3 is 9.47 Å². The van der Waals surface area contributed by atoms with Crippen LogP contribution >= 0.6 is 0 Å². The molecule has 1 amide bonds. The van der Waals surface area contributed by atoms with Crippen LogP contribution in [0.25, 0.3) is 0 Å². The number of ether oxygens (including phenoxy) is 2. The first kappa shape index (κ1) is 17.9. The first-order valence-corrected chi connectivity index (χ1v) is 8.94. The van der Waals surface area contributed by atoms with Crippen molar-refractivity contribution >= 4 is 11.9 Å². The molecule has 0 aromatic heterocycles. The monoisotopic (exact) mass is 345 g/mol. The molecule has 136 valence electrons. The maximum atomic E-state index is 12.9. The van der Waals surface area contributed by atoms with E-state index in [1.807, 2.05) is 52.0 Å². The van der Waals surface area contributed by atoms with Crippen molar-refractivity contribution in [3.8, 4) is 0 Å². The number of aryl methyl sites for hydroxylation is 1. The van der Waals surface area contributed by atoms with E-state index in [-0.39, 0.29) is 29.9 Å². The molecule has 1 aromatic carbocycles. The van der Waals surface area contributed by atoms with Gasteiger partial charge in [0.05, 0.1) is 25.3 Å². The van der Waals surface area contributed by atoms with E-state index in [2.05, 4.69) is 0 Å². The van der Waals surface area contributed by atoms with Crippen molar-refractivity contribution in [2.75, 3.05) is 13.2 Å². The Morgan fingerprint density at radius 3 is 2.16 bits per heavy atom. The largest absolute Gasteiger partial charge is 0.444 e. The first-order valence-electron chi connectivity index (χ1n) is 8.94. The van der Waals surface area contributed by atoms with Crippen LogP contribution in [0.3, 0.4) is 0 Å². The number of piperidine rings is 1. The van der Waals surface area contributed by atoms with E-state index in [1.165, 1.54) is 0 Å². The van der Waals surface area contributed by atoms with Gasteiger partial charge >= 0.3 is 6.09 Å². The molecule has 3 rings (SSSR count). The van der Waals surface area contributed by atoms with E-state index in [1.54, 1.807) is 4.90 Å². The van der Waals surface area contributed by atoms with Gasteiger partial charge in [-0.2, -0.15) is 0 Å². The van der Waals surface area contributed by atoms with Crippen LogP contribution in [0, 0.1) is 12.8 Å². The smallest absolute Gasteiger partial charge is 0.410 e. The van der Waals surface area contributed by atoms with Gasteiger partial charge in [0.2, 0.25) is 0 Å². The van der Waals surface area contributed by atoms with Gasteiger partial charge in [0.25, 0.3) is 0 Å². The summed E-state index contributed by atoms with van der Waals surface area (Å²) < 4.78 is 11.2. The molecule has 2 saturated heterocycles. The van der Waals surface area contributed by atoms with Crippen molar-refractivity contribution in [2.24, 2.45) is 5.92 Å². The number of morpholine rings is 1. The van der Waals surface area contributed by atoms with E-state index in [4.69, 9.17) is 9.47 Å². The summed E-state index contributed by atoms with van der Waals surface area (Å²) in [7, 11) is 0. The summed E-state index contributed by atoms with van der Waals surface area (Å²) in [6.45, 7) is 8.54. The SMILES string of the molecule is Cc1ccc(C(=O)C2CC3COCC(C2)N3C(=O)OC(C)(C)C)cc1. The average molecular weight is 345 g/mol. The molecule has 2 heterocycles. The standard InChI is InChI=1S/C20H27NO4/c1-13-5-7-14(8-6-13)18(22)15-9-16-11-24-12-17(10-15)21(16)19(23)25-20(2,3)4/h5-8,15-17H,9-12H2,1-4H3. The summed E-state index contributed by atoms with van der Waals surface area (Å²) in [5.41, 5.74) is 1.36. The third kappa shape index (κ3) is 4.03. The van der Waals surface area contributed by atoms with Crippen molar-refractivity contribution in [3.63, 3.8) is 0 Å².